The van der Waals surface area contributed by atoms with E-state index >= 15 is 0 Å². The number of rotatable bonds is 1. The lowest BCUT2D eigenvalue weighted by Gasteiger charge is -2.25. The van der Waals surface area contributed by atoms with E-state index in [2.05, 4.69) is 6.92 Å². The molecule has 2 atom stereocenters. The minimum Gasteiger partial charge on any atom is -0.400 e. The quantitative estimate of drug-likeness (QED) is 0.663. The van der Waals surface area contributed by atoms with E-state index in [0.29, 0.717) is 6.10 Å². The number of ether oxygens (including phenoxy) is 1. The molecule has 0 bridgehead atoms. The van der Waals surface area contributed by atoms with Crippen molar-refractivity contribution >= 4 is 0 Å². The summed E-state index contributed by atoms with van der Waals surface area (Å²) in [6, 6.07) is 0. The van der Waals surface area contributed by atoms with Crippen molar-refractivity contribution in [2.75, 3.05) is 13.7 Å². The molecule has 0 aromatic rings. The van der Waals surface area contributed by atoms with Crippen molar-refractivity contribution in [3.8, 4) is 0 Å². The van der Waals surface area contributed by atoms with Gasteiger partial charge < -0.3 is 14.9 Å². The maximum Gasteiger partial charge on any atom is 0.0809 e. The molecule has 1 rings (SSSR count). The van der Waals surface area contributed by atoms with Gasteiger partial charge in [0.1, 0.15) is 0 Å². The molecule has 0 aromatic carbocycles. The predicted octanol–water partition coefficient (Wildman–Crippen LogP) is 1.57. The van der Waals surface area contributed by atoms with Gasteiger partial charge in [-0.3, -0.25) is 0 Å². The topological polar surface area (TPSA) is 49.7 Å². The van der Waals surface area contributed by atoms with Crippen LogP contribution in [0.5, 0.6) is 0 Å². The summed E-state index contributed by atoms with van der Waals surface area (Å²) < 4.78 is 5.39. The highest BCUT2D eigenvalue weighted by molar-refractivity contribution is 4.66. The van der Waals surface area contributed by atoms with Crippen molar-refractivity contribution in [3.05, 3.63) is 0 Å². The Morgan fingerprint density at radius 3 is 2.08 bits per heavy atom. The zero-order chi connectivity index (χ0) is 10.7. The van der Waals surface area contributed by atoms with Crippen molar-refractivity contribution < 1.29 is 14.9 Å². The number of aliphatic hydroxyl groups is 2. The van der Waals surface area contributed by atoms with Crippen LogP contribution in [0, 0.1) is 0 Å². The van der Waals surface area contributed by atoms with Crippen LogP contribution < -0.4 is 0 Å². The minimum atomic E-state index is 0.119. The number of aliphatic hydroxyl groups excluding tert-OH is 2. The molecule has 2 N–H and O–H groups in total. The van der Waals surface area contributed by atoms with E-state index in [1.165, 1.54) is 6.42 Å². The normalized spacial score (nSPS) is 26.3. The standard InChI is InChI=1S/C7H14O2.C2H6.CH4O/c1-6-3-2-4-7(5-8)9-6;2*1-2/h6-8H,2-5H2,1H3;1-2H3;2H,1H3. The van der Waals surface area contributed by atoms with Crippen LogP contribution in [-0.2, 0) is 4.74 Å². The average Bonchev–Trinajstić information content (AvgIpc) is 2.24. The first kappa shape index (κ1) is 15.4. The smallest absolute Gasteiger partial charge is 0.0809 e. The van der Waals surface area contributed by atoms with Crippen LogP contribution in [-0.4, -0.2) is 36.1 Å². The van der Waals surface area contributed by atoms with Crippen molar-refractivity contribution in [1.29, 1.82) is 0 Å². The van der Waals surface area contributed by atoms with E-state index in [0.717, 1.165) is 20.0 Å². The van der Waals surface area contributed by atoms with E-state index in [-0.39, 0.29) is 12.7 Å². The summed E-state index contributed by atoms with van der Waals surface area (Å²) in [7, 11) is 1.00. The zero-order valence-electron chi connectivity index (χ0n) is 9.29. The molecule has 13 heavy (non-hydrogen) atoms. The third-order valence-corrected chi connectivity index (χ3v) is 1.77. The second-order valence-corrected chi connectivity index (χ2v) is 2.68. The first-order valence-electron chi connectivity index (χ1n) is 5.04. The molecular formula is C10H24O3. The molecule has 0 radical (unpaired) electrons. The first-order valence-corrected chi connectivity index (χ1v) is 5.04. The van der Waals surface area contributed by atoms with Crippen LogP contribution in [0.2, 0.25) is 0 Å². The molecule has 1 aliphatic rings. The summed E-state index contributed by atoms with van der Waals surface area (Å²) in [5.41, 5.74) is 0. The largest absolute Gasteiger partial charge is 0.400 e. The fourth-order valence-corrected chi connectivity index (χ4v) is 1.23. The lowest BCUT2D eigenvalue weighted by molar-refractivity contribution is -0.0633. The third kappa shape index (κ3) is 8.22. The number of hydrogen-bond donors (Lipinski definition) is 2. The average molecular weight is 192 g/mol. The Kier molecular flexibility index (Phi) is 14.0. The van der Waals surface area contributed by atoms with Crippen molar-refractivity contribution in [1.82, 2.24) is 0 Å². The van der Waals surface area contributed by atoms with Crippen molar-refractivity contribution in [3.63, 3.8) is 0 Å². The summed E-state index contributed by atoms with van der Waals surface area (Å²) >= 11 is 0. The van der Waals surface area contributed by atoms with Crippen LogP contribution in [0.3, 0.4) is 0 Å². The molecule has 3 heteroatoms. The van der Waals surface area contributed by atoms with Gasteiger partial charge in [-0.2, -0.15) is 0 Å². The Hall–Kier alpha value is -0.120. The van der Waals surface area contributed by atoms with Gasteiger partial charge in [-0.1, -0.05) is 13.8 Å². The Balaban J connectivity index is 0. The molecule has 0 spiro atoms. The Labute approximate surface area is 81.7 Å². The SMILES string of the molecule is CC.CC1CCCC(CO)O1.CO. The lowest BCUT2D eigenvalue weighted by Crippen LogP contribution is -2.27. The summed E-state index contributed by atoms with van der Waals surface area (Å²) in [4.78, 5) is 0. The molecule has 0 saturated carbocycles. The Bertz CT molecular complexity index is 86.2. The third-order valence-electron chi connectivity index (χ3n) is 1.77. The molecule has 82 valence electrons. The van der Waals surface area contributed by atoms with Crippen LogP contribution in [0.25, 0.3) is 0 Å². The van der Waals surface area contributed by atoms with Gasteiger partial charge in [-0.05, 0) is 26.2 Å². The van der Waals surface area contributed by atoms with Gasteiger partial charge in [0.05, 0.1) is 18.8 Å². The van der Waals surface area contributed by atoms with E-state index in [4.69, 9.17) is 14.9 Å². The van der Waals surface area contributed by atoms with Gasteiger partial charge >= 0.3 is 0 Å². The maximum absolute atomic E-state index is 8.68. The van der Waals surface area contributed by atoms with Gasteiger partial charge in [-0.15, -0.1) is 0 Å². The zero-order valence-corrected chi connectivity index (χ0v) is 9.29. The molecule has 2 unspecified atom stereocenters. The van der Waals surface area contributed by atoms with E-state index in [1.54, 1.807) is 0 Å². The predicted molar refractivity (Wildman–Crippen MR) is 54.8 cm³/mol. The molecule has 0 aromatic heterocycles. The first-order chi connectivity index (χ1) is 6.33. The highest BCUT2D eigenvalue weighted by Crippen LogP contribution is 2.17. The number of hydrogen-bond acceptors (Lipinski definition) is 3. The van der Waals surface area contributed by atoms with Crippen LogP contribution in [0.1, 0.15) is 40.0 Å². The van der Waals surface area contributed by atoms with Gasteiger partial charge in [0.25, 0.3) is 0 Å². The van der Waals surface area contributed by atoms with E-state index < -0.39 is 0 Å². The molecule has 1 fully saturated rings. The molecule has 0 aliphatic carbocycles. The Morgan fingerprint density at radius 1 is 1.23 bits per heavy atom. The summed E-state index contributed by atoms with van der Waals surface area (Å²) in [6.45, 7) is 6.24. The van der Waals surface area contributed by atoms with Crippen LogP contribution >= 0.6 is 0 Å². The molecule has 1 aliphatic heterocycles. The lowest BCUT2D eigenvalue weighted by atomic mass is 10.1. The van der Waals surface area contributed by atoms with Crippen molar-refractivity contribution in [2.45, 2.75) is 52.2 Å². The van der Waals surface area contributed by atoms with Gasteiger partial charge in [-0.25, -0.2) is 0 Å². The van der Waals surface area contributed by atoms with Gasteiger partial charge in [0, 0.05) is 7.11 Å². The maximum atomic E-state index is 8.68. The second kappa shape index (κ2) is 11.9. The monoisotopic (exact) mass is 192 g/mol. The van der Waals surface area contributed by atoms with Crippen LogP contribution in [0.15, 0.2) is 0 Å². The van der Waals surface area contributed by atoms with Crippen molar-refractivity contribution in [2.24, 2.45) is 0 Å². The summed E-state index contributed by atoms with van der Waals surface area (Å²) in [5.74, 6) is 0. The molecule has 1 saturated heterocycles. The van der Waals surface area contributed by atoms with E-state index in [1.807, 2.05) is 13.8 Å². The molecule has 0 amide bonds. The minimum absolute atomic E-state index is 0.119. The molecular weight excluding hydrogens is 168 g/mol. The summed E-state index contributed by atoms with van der Waals surface area (Å²) in [6.07, 6.45) is 3.86. The second-order valence-electron chi connectivity index (χ2n) is 2.68. The van der Waals surface area contributed by atoms with Gasteiger partial charge in [0.15, 0.2) is 0 Å². The highest BCUT2D eigenvalue weighted by atomic mass is 16.5. The molecule has 1 heterocycles. The highest BCUT2D eigenvalue weighted by Gasteiger charge is 2.17. The Morgan fingerprint density at radius 2 is 1.77 bits per heavy atom. The molecule has 3 nitrogen and oxygen atoms in total. The van der Waals surface area contributed by atoms with E-state index in [9.17, 15) is 0 Å². The van der Waals surface area contributed by atoms with Gasteiger partial charge in [0.2, 0.25) is 0 Å². The fraction of sp³-hybridized carbons (Fsp3) is 1.00. The van der Waals surface area contributed by atoms with Crippen LogP contribution in [0.4, 0.5) is 0 Å². The fourth-order valence-electron chi connectivity index (χ4n) is 1.23. The summed E-state index contributed by atoms with van der Waals surface area (Å²) in [5, 5.41) is 15.7.